The Morgan fingerprint density at radius 2 is 1.75 bits per heavy atom. The van der Waals surface area contributed by atoms with Crippen molar-refractivity contribution in [2.75, 3.05) is 18.1 Å². The fourth-order valence-electron chi connectivity index (χ4n) is 5.09. The number of aliphatic imine (C=N–C) groups is 1. The molecule has 0 spiro atoms. The lowest BCUT2D eigenvalue weighted by Crippen LogP contribution is -2.30. The van der Waals surface area contributed by atoms with E-state index in [1.54, 1.807) is 19.4 Å². The third-order valence-corrected chi connectivity index (χ3v) is 7.00. The summed E-state index contributed by atoms with van der Waals surface area (Å²) >= 11 is 0. The van der Waals surface area contributed by atoms with Crippen molar-refractivity contribution in [1.82, 2.24) is 4.98 Å². The van der Waals surface area contributed by atoms with Crippen LogP contribution >= 0.6 is 0 Å². The number of hydrogen-bond donors (Lipinski definition) is 1. The summed E-state index contributed by atoms with van der Waals surface area (Å²) in [5, 5.41) is 0. The van der Waals surface area contributed by atoms with Crippen LogP contribution in [0.3, 0.4) is 0 Å². The van der Waals surface area contributed by atoms with Crippen LogP contribution in [0.2, 0.25) is 0 Å². The van der Waals surface area contributed by atoms with Gasteiger partial charge < -0.3 is 9.47 Å². The zero-order valence-electron chi connectivity index (χ0n) is 21.5. The van der Waals surface area contributed by atoms with Gasteiger partial charge in [-0.25, -0.2) is 13.4 Å². The van der Waals surface area contributed by atoms with Crippen LogP contribution in [-0.4, -0.2) is 43.6 Å². The van der Waals surface area contributed by atoms with Gasteiger partial charge >= 0.3 is 0 Å². The molecule has 0 unspecified atom stereocenters. The van der Waals surface area contributed by atoms with Gasteiger partial charge in [-0.3, -0.25) is 9.71 Å². The molecule has 2 aliphatic heterocycles. The van der Waals surface area contributed by atoms with E-state index in [9.17, 15) is 8.42 Å². The van der Waals surface area contributed by atoms with Crippen molar-refractivity contribution in [3.05, 3.63) is 70.9 Å². The van der Waals surface area contributed by atoms with Crippen molar-refractivity contribution in [2.24, 2.45) is 4.99 Å². The van der Waals surface area contributed by atoms with Crippen LogP contribution in [-0.2, 0) is 22.9 Å². The van der Waals surface area contributed by atoms with Crippen LogP contribution in [0.25, 0.3) is 11.1 Å². The second-order valence-corrected chi connectivity index (χ2v) is 12.5. The number of ether oxygens (including phenoxy) is 2. The molecule has 7 nitrogen and oxygen atoms in total. The Bertz CT molecular complexity index is 1490. The van der Waals surface area contributed by atoms with E-state index in [1.807, 2.05) is 18.2 Å². The van der Waals surface area contributed by atoms with Gasteiger partial charge in [-0.2, -0.15) is 0 Å². The molecule has 0 fully saturated rings. The minimum atomic E-state index is -3.38. The maximum atomic E-state index is 11.5. The number of anilines is 1. The SMILES string of the molecule is COc1cc2c(c3c1OC(C)(C)C3)C(c1cccc(-c3ccc(NS(C)(=O)=O)nc3)c1)=NC(C)(C)C2. The molecular weight excluding hydrogens is 474 g/mol. The smallest absolute Gasteiger partial charge is 0.230 e. The Labute approximate surface area is 212 Å². The van der Waals surface area contributed by atoms with E-state index in [1.165, 1.54) is 5.56 Å². The zero-order chi connectivity index (χ0) is 25.9. The van der Waals surface area contributed by atoms with Crippen molar-refractivity contribution in [3.63, 3.8) is 0 Å². The first kappa shape index (κ1) is 24.3. The average molecular weight is 506 g/mol. The summed E-state index contributed by atoms with van der Waals surface area (Å²) < 4.78 is 37.5. The van der Waals surface area contributed by atoms with E-state index in [4.69, 9.17) is 14.5 Å². The Kier molecular flexibility index (Phi) is 5.63. The summed E-state index contributed by atoms with van der Waals surface area (Å²) in [5.41, 5.74) is 6.72. The number of methoxy groups -OCH3 is 1. The first-order valence-electron chi connectivity index (χ1n) is 11.9. The van der Waals surface area contributed by atoms with E-state index in [-0.39, 0.29) is 17.0 Å². The van der Waals surface area contributed by atoms with Crippen LogP contribution in [0, 0.1) is 0 Å². The molecule has 1 N–H and O–H groups in total. The van der Waals surface area contributed by atoms with Crippen molar-refractivity contribution >= 4 is 21.6 Å². The number of aromatic nitrogens is 1. The minimum Gasteiger partial charge on any atom is -0.493 e. The van der Waals surface area contributed by atoms with Gasteiger partial charge in [0.05, 0.1) is 24.6 Å². The average Bonchev–Trinajstić information content (AvgIpc) is 3.11. The molecule has 0 amide bonds. The first-order valence-corrected chi connectivity index (χ1v) is 13.8. The monoisotopic (exact) mass is 505 g/mol. The van der Waals surface area contributed by atoms with Gasteiger partial charge in [0, 0.05) is 34.9 Å². The van der Waals surface area contributed by atoms with Gasteiger partial charge in [0.2, 0.25) is 10.0 Å². The lowest BCUT2D eigenvalue weighted by atomic mass is 9.80. The molecule has 0 saturated heterocycles. The van der Waals surface area contributed by atoms with Crippen molar-refractivity contribution < 1.29 is 17.9 Å². The number of fused-ring (bicyclic) bond motifs is 3. The van der Waals surface area contributed by atoms with Crippen molar-refractivity contribution in [2.45, 2.75) is 51.7 Å². The fourth-order valence-corrected chi connectivity index (χ4v) is 5.59. The van der Waals surface area contributed by atoms with E-state index < -0.39 is 10.0 Å². The van der Waals surface area contributed by atoms with Gasteiger partial charge in [0.1, 0.15) is 11.4 Å². The highest BCUT2D eigenvalue weighted by molar-refractivity contribution is 7.92. The number of pyridine rings is 1. The molecule has 5 rings (SSSR count). The second kappa shape index (κ2) is 8.34. The number of nitrogens with one attached hydrogen (secondary N) is 1. The maximum absolute atomic E-state index is 11.5. The third-order valence-electron chi connectivity index (χ3n) is 6.42. The highest BCUT2D eigenvalue weighted by Crippen LogP contribution is 2.48. The van der Waals surface area contributed by atoms with Gasteiger partial charge in [-0.15, -0.1) is 0 Å². The standard InChI is InChI=1S/C28H31N3O4S/c1-27(2)14-20-13-22(34-5)26-21(15-28(3,4)35-26)24(20)25(30-27)18-9-7-8-17(12-18)19-10-11-23(29-16-19)31-36(6,32)33/h7-13,16H,14-15H2,1-6H3,(H,29,31). The van der Waals surface area contributed by atoms with Gasteiger partial charge in [-0.1, -0.05) is 18.2 Å². The maximum Gasteiger partial charge on any atom is 0.230 e. The van der Waals surface area contributed by atoms with Gasteiger partial charge in [0.25, 0.3) is 0 Å². The Morgan fingerprint density at radius 1 is 1.00 bits per heavy atom. The second-order valence-electron chi connectivity index (χ2n) is 10.8. The summed E-state index contributed by atoms with van der Waals surface area (Å²) in [7, 11) is -1.69. The van der Waals surface area contributed by atoms with Crippen molar-refractivity contribution in [3.8, 4) is 22.6 Å². The number of nitrogens with zero attached hydrogens (tertiary/aromatic N) is 2. The summed E-state index contributed by atoms with van der Waals surface area (Å²) in [5.74, 6) is 1.87. The van der Waals surface area contributed by atoms with Crippen LogP contribution in [0.5, 0.6) is 11.5 Å². The molecular formula is C28H31N3O4S. The number of hydrogen-bond acceptors (Lipinski definition) is 6. The molecule has 188 valence electrons. The quantitative estimate of drug-likeness (QED) is 0.526. The van der Waals surface area contributed by atoms with E-state index in [0.29, 0.717) is 0 Å². The molecule has 0 aliphatic carbocycles. The molecule has 0 saturated carbocycles. The number of benzene rings is 2. The molecule has 8 heteroatoms. The number of sulfonamides is 1. The minimum absolute atomic E-state index is 0.271. The molecule has 0 bridgehead atoms. The molecule has 1 aromatic heterocycles. The van der Waals surface area contributed by atoms with Crippen LogP contribution in [0.15, 0.2) is 53.7 Å². The largest absolute Gasteiger partial charge is 0.493 e. The van der Waals surface area contributed by atoms with Crippen LogP contribution in [0.4, 0.5) is 5.82 Å². The normalized spacial score (nSPS) is 17.4. The van der Waals surface area contributed by atoms with E-state index in [2.05, 4.69) is 55.6 Å². The van der Waals surface area contributed by atoms with Crippen LogP contribution < -0.4 is 14.2 Å². The molecule has 2 aromatic carbocycles. The Balaban J connectivity index is 1.61. The van der Waals surface area contributed by atoms with E-state index in [0.717, 1.165) is 64.1 Å². The predicted molar refractivity (Wildman–Crippen MR) is 143 cm³/mol. The van der Waals surface area contributed by atoms with Crippen LogP contribution in [0.1, 0.15) is 49.9 Å². The molecule has 3 aromatic rings. The topological polar surface area (TPSA) is 89.9 Å². The van der Waals surface area contributed by atoms with Crippen molar-refractivity contribution in [1.29, 1.82) is 0 Å². The van der Waals surface area contributed by atoms with Gasteiger partial charge in [-0.05, 0) is 69.5 Å². The molecule has 0 atom stereocenters. The molecule has 3 heterocycles. The predicted octanol–water partition coefficient (Wildman–Crippen LogP) is 5.01. The molecule has 36 heavy (non-hydrogen) atoms. The fraction of sp³-hybridized carbons (Fsp3) is 0.357. The van der Waals surface area contributed by atoms with Gasteiger partial charge in [0.15, 0.2) is 11.5 Å². The Hall–Kier alpha value is -3.39. The lowest BCUT2D eigenvalue weighted by molar-refractivity contribution is 0.134. The zero-order valence-corrected chi connectivity index (χ0v) is 22.3. The highest BCUT2D eigenvalue weighted by Gasteiger charge is 2.39. The summed E-state index contributed by atoms with van der Waals surface area (Å²) in [6.07, 6.45) is 4.37. The van der Waals surface area contributed by atoms with E-state index >= 15 is 0 Å². The summed E-state index contributed by atoms with van der Waals surface area (Å²) in [6.45, 7) is 8.49. The molecule has 0 radical (unpaired) electrons. The summed E-state index contributed by atoms with van der Waals surface area (Å²) in [6, 6.07) is 13.9. The first-order chi connectivity index (χ1) is 16.8. The highest BCUT2D eigenvalue weighted by atomic mass is 32.2. The Morgan fingerprint density at radius 3 is 2.42 bits per heavy atom. The molecule has 2 aliphatic rings. The summed E-state index contributed by atoms with van der Waals surface area (Å²) in [4.78, 5) is 9.50. The third kappa shape index (κ3) is 4.69. The lowest BCUT2D eigenvalue weighted by Gasteiger charge is -2.31. The number of rotatable bonds is 5.